The van der Waals surface area contributed by atoms with E-state index in [9.17, 15) is 0 Å². The molecule has 0 heterocycles. The molecule has 0 fully saturated rings. The summed E-state index contributed by atoms with van der Waals surface area (Å²) in [7, 11) is 0. The highest BCUT2D eigenvalue weighted by atomic mass is 79.9. The van der Waals surface area contributed by atoms with Gasteiger partial charge < -0.3 is 4.90 Å². The van der Waals surface area contributed by atoms with E-state index in [1.165, 1.54) is 72.3 Å². The van der Waals surface area contributed by atoms with Gasteiger partial charge in [0.25, 0.3) is 0 Å². The van der Waals surface area contributed by atoms with Crippen LogP contribution in [0.15, 0.2) is 223 Å². The second-order valence-corrected chi connectivity index (χ2v) is 16.7. The first kappa shape index (κ1) is 36.6. The molecule has 0 bridgehead atoms. The molecular formula is C57H42BrN. The van der Waals surface area contributed by atoms with Gasteiger partial charge in [-0.05, 0) is 126 Å². The van der Waals surface area contributed by atoms with Crippen molar-refractivity contribution in [1.29, 1.82) is 0 Å². The fourth-order valence-corrected chi connectivity index (χ4v) is 9.46. The summed E-state index contributed by atoms with van der Waals surface area (Å²) in [6, 6.07) is 79.4. The molecule has 0 amide bonds. The zero-order valence-corrected chi connectivity index (χ0v) is 34.7. The molecular weight excluding hydrogens is 779 g/mol. The van der Waals surface area contributed by atoms with E-state index < -0.39 is 0 Å². The maximum Gasteiger partial charge on any atom is 0.0465 e. The van der Waals surface area contributed by atoms with Crippen LogP contribution in [-0.2, 0) is 5.41 Å². The van der Waals surface area contributed by atoms with Gasteiger partial charge in [-0.2, -0.15) is 0 Å². The van der Waals surface area contributed by atoms with Crippen LogP contribution >= 0.6 is 15.9 Å². The van der Waals surface area contributed by atoms with Gasteiger partial charge in [0, 0.05) is 26.9 Å². The molecule has 0 atom stereocenters. The monoisotopic (exact) mass is 819 g/mol. The average molecular weight is 821 g/mol. The van der Waals surface area contributed by atoms with Gasteiger partial charge in [-0.15, -0.1) is 0 Å². The number of nitrogens with zero attached hydrogens (tertiary/aromatic N) is 1. The second kappa shape index (κ2) is 15.2. The molecule has 282 valence electrons. The number of hydrogen-bond acceptors (Lipinski definition) is 1. The van der Waals surface area contributed by atoms with Gasteiger partial charge in [0.15, 0.2) is 0 Å². The molecule has 9 aromatic carbocycles. The van der Waals surface area contributed by atoms with Crippen LogP contribution in [0.1, 0.15) is 25.0 Å². The Morgan fingerprint density at radius 2 is 0.746 bits per heavy atom. The Morgan fingerprint density at radius 3 is 1.41 bits per heavy atom. The van der Waals surface area contributed by atoms with Crippen molar-refractivity contribution in [1.82, 2.24) is 0 Å². The molecule has 59 heavy (non-hydrogen) atoms. The largest absolute Gasteiger partial charge is 0.310 e. The van der Waals surface area contributed by atoms with Gasteiger partial charge in [0.05, 0.1) is 0 Å². The Kier molecular flexibility index (Phi) is 9.43. The SMILES string of the molecule is CC1(C)c2ccccc2-c2ccc(N(c3ccc(-c4ccccc4)cc3)c3ccc(-c4ccccc4-c4cc(-c5ccccc5)ccc4-c4ccccc4Br)cc3)cc21. The number of benzene rings is 9. The van der Waals surface area contributed by atoms with Crippen molar-refractivity contribution in [3.8, 4) is 66.8 Å². The van der Waals surface area contributed by atoms with Crippen LogP contribution in [0.25, 0.3) is 66.8 Å². The molecule has 0 radical (unpaired) electrons. The molecule has 1 aliphatic carbocycles. The van der Waals surface area contributed by atoms with E-state index in [4.69, 9.17) is 0 Å². The smallest absolute Gasteiger partial charge is 0.0465 e. The highest BCUT2D eigenvalue weighted by Gasteiger charge is 2.35. The van der Waals surface area contributed by atoms with Crippen molar-refractivity contribution < 1.29 is 0 Å². The average Bonchev–Trinajstić information content (AvgIpc) is 3.53. The van der Waals surface area contributed by atoms with Gasteiger partial charge in [-0.1, -0.05) is 200 Å². The number of anilines is 3. The summed E-state index contributed by atoms with van der Waals surface area (Å²) < 4.78 is 1.08. The highest BCUT2D eigenvalue weighted by Crippen LogP contribution is 2.51. The van der Waals surface area contributed by atoms with E-state index in [1.54, 1.807) is 0 Å². The lowest BCUT2D eigenvalue weighted by Crippen LogP contribution is -2.16. The molecule has 1 aliphatic rings. The predicted octanol–water partition coefficient (Wildman–Crippen LogP) is 16.6. The summed E-state index contributed by atoms with van der Waals surface area (Å²) in [5.41, 5.74) is 20.5. The lowest BCUT2D eigenvalue weighted by Gasteiger charge is -2.28. The van der Waals surface area contributed by atoms with Gasteiger partial charge in [0.1, 0.15) is 0 Å². The maximum absolute atomic E-state index is 3.87. The Labute approximate surface area is 356 Å². The van der Waals surface area contributed by atoms with E-state index in [-0.39, 0.29) is 5.41 Å². The van der Waals surface area contributed by atoms with Crippen molar-refractivity contribution in [2.24, 2.45) is 0 Å². The van der Waals surface area contributed by atoms with Crippen LogP contribution in [0.5, 0.6) is 0 Å². The van der Waals surface area contributed by atoms with Gasteiger partial charge in [-0.25, -0.2) is 0 Å². The van der Waals surface area contributed by atoms with E-state index in [0.29, 0.717) is 0 Å². The molecule has 0 N–H and O–H groups in total. The third kappa shape index (κ3) is 6.70. The topological polar surface area (TPSA) is 3.24 Å². The van der Waals surface area contributed by atoms with Crippen molar-refractivity contribution in [3.05, 3.63) is 234 Å². The summed E-state index contributed by atoms with van der Waals surface area (Å²) in [6.07, 6.45) is 0. The highest BCUT2D eigenvalue weighted by molar-refractivity contribution is 9.10. The third-order valence-corrected chi connectivity index (χ3v) is 12.7. The molecule has 0 aliphatic heterocycles. The lowest BCUT2D eigenvalue weighted by atomic mass is 9.82. The predicted molar refractivity (Wildman–Crippen MR) is 254 cm³/mol. The maximum atomic E-state index is 3.87. The van der Waals surface area contributed by atoms with Crippen LogP contribution < -0.4 is 4.90 Å². The molecule has 1 nitrogen and oxygen atoms in total. The van der Waals surface area contributed by atoms with Crippen LogP contribution in [0.3, 0.4) is 0 Å². The van der Waals surface area contributed by atoms with Gasteiger partial charge >= 0.3 is 0 Å². The van der Waals surface area contributed by atoms with Crippen molar-refractivity contribution in [3.63, 3.8) is 0 Å². The zero-order valence-electron chi connectivity index (χ0n) is 33.1. The zero-order chi connectivity index (χ0) is 39.9. The Hall–Kier alpha value is -6.74. The normalized spacial score (nSPS) is 12.5. The quantitative estimate of drug-likeness (QED) is 0.148. The Balaban J connectivity index is 1.09. The molecule has 0 saturated carbocycles. The van der Waals surface area contributed by atoms with Crippen LogP contribution in [0, 0.1) is 0 Å². The summed E-state index contributed by atoms with van der Waals surface area (Å²) in [6.45, 7) is 4.70. The Morgan fingerprint density at radius 1 is 0.305 bits per heavy atom. The molecule has 0 unspecified atom stereocenters. The van der Waals surface area contributed by atoms with Crippen LogP contribution in [-0.4, -0.2) is 0 Å². The van der Waals surface area contributed by atoms with Crippen molar-refractivity contribution in [2.75, 3.05) is 4.90 Å². The molecule has 0 aromatic heterocycles. The first-order valence-electron chi connectivity index (χ1n) is 20.3. The summed E-state index contributed by atoms with van der Waals surface area (Å²) in [4.78, 5) is 2.40. The minimum Gasteiger partial charge on any atom is -0.310 e. The van der Waals surface area contributed by atoms with Gasteiger partial charge in [-0.3, -0.25) is 0 Å². The summed E-state index contributed by atoms with van der Waals surface area (Å²) in [5, 5.41) is 0. The first-order chi connectivity index (χ1) is 28.9. The fourth-order valence-electron chi connectivity index (χ4n) is 8.96. The van der Waals surface area contributed by atoms with E-state index >= 15 is 0 Å². The lowest BCUT2D eigenvalue weighted by molar-refractivity contribution is 0.660. The van der Waals surface area contributed by atoms with Crippen LogP contribution in [0.4, 0.5) is 17.1 Å². The number of halogens is 1. The standard InChI is InChI=1S/C57H42BrN/c1-57(2)54-23-13-11-21-50(54)51-36-34-46(38-55(51)57)59(44-30-25-41(26-31-44)39-15-5-3-6-16-39)45-32-27-42(28-33-45)47-19-9-10-20-48(47)53-37-43(40-17-7-4-8-18-40)29-35-49(53)52-22-12-14-24-56(52)58/h3-38H,1-2H3. The van der Waals surface area contributed by atoms with Crippen molar-refractivity contribution in [2.45, 2.75) is 19.3 Å². The molecule has 0 spiro atoms. The summed E-state index contributed by atoms with van der Waals surface area (Å²) in [5.74, 6) is 0. The van der Waals surface area contributed by atoms with E-state index in [1.807, 2.05) is 0 Å². The third-order valence-electron chi connectivity index (χ3n) is 12.0. The van der Waals surface area contributed by atoms with E-state index in [0.717, 1.165) is 27.1 Å². The minimum absolute atomic E-state index is 0.107. The van der Waals surface area contributed by atoms with Crippen molar-refractivity contribution >= 4 is 33.0 Å². The number of fused-ring (bicyclic) bond motifs is 3. The van der Waals surface area contributed by atoms with E-state index in [2.05, 4.69) is 253 Å². The molecule has 9 aromatic rings. The number of hydrogen-bond donors (Lipinski definition) is 0. The fraction of sp³-hybridized carbons (Fsp3) is 0.0526. The Bertz CT molecular complexity index is 2950. The molecule has 10 rings (SSSR count). The minimum atomic E-state index is -0.107. The first-order valence-corrected chi connectivity index (χ1v) is 21.1. The molecule has 0 saturated heterocycles. The number of rotatable bonds is 8. The summed E-state index contributed by atoms with van der Waals surface area (Å²) >= 11 is 3.87. The second-order valence-electron chi connectivity index (χ2n) is 15.8. The van der Waals surface area contributed by atoms with Gasteiger partial charge in [0.2, 0.25) is 0 Å². The molecule has 2 heteroatoms. The van der Waals surface area contributed by atoms with Crippen LogP contribution in [0.2, 0.25) is 0 Å².